The highest BCUT2D eigenvalue weighted by Gasteiger charge is 2.54. The molecule has 1 rings (SSSR count). The number of hydrogen-bond donors (Lipinski definition) is 1. The summed E-state index contributed by atoms with van der Waals surface area (Å²) in [5.41, 5.74) is 0.228. The molecule has 0 fully saturated rings. The molecule has 0 bridgehead atoms. The summed E-state index contributed by atoms with van der Waals surface area (Å²) in [7, 11) is 0. The van der Waals surface area contributed by atoms with Gasteiger partial charge in [0.25, 0.3) is 0 Å². The summed E-state index contributed by atoms with van der Waals surface area (Å²) in [6.45, 7) is 24.4. The van der Waals surface area contributed by atoms with Crippen molar-refractivity contribution in [1.82, 2.24) is 0 Å². The zero-order valence-electron chi connectivity index (χ0n) is 22.4. The first-order valence-corrected chi connectivity index (χ1v) is 12.6. The third-order valence-electron chi connectivity index (χ3n) is 7.91. The third-order valence-corrected chi connectivity index (χ3v) is 8.40. The van der Waals surface area contributed by atoms with Crippen molar-refractivity contribution in [3.63, 3.8) is 0 Å². The molecule has 0 aliphatic carbocycles. The summed E-state index contributed by atoms with van der Waals surface area (Å²) < 4.78 is 6.58. The van der Waals surface area contributed by atoms with Crippen molar-refractivity contribution in [3.05, 3.63) is 34.3 Å². The number of benzene rings is 1. The molecule has 0 aromatic heterocycles. The number of aliphatic hydroxyl groups excluding tert-OH is 1. The molecule has 1 aromatic rings. The van der Waals surface area contributed by atoms with E-state index in [0.29, 0.717) is 12.3 Å². The molecular formula is C28H47BrO3. The van der Waals surface area contributed by atoms with Crippen molar-refractivity contribution in [2.75, 3.05) is 13.2 Å². The largest absolute Gasteiger partial charge is 0.463 e. The molecule has 0 spiro atoms. The van der Waals surface area contributed by atoms with Crippen LogP contribution < -0.4 is 0 Å². The fourth-order valence-electron chi connectivity index (χ4n) is 4.65. The number of rotatable bonds is 9. The van der Waals surface area contributed by atoms with Gasteiger partial charge in [-0.25, -0.2) is 0 Å². The number of carbonyl (C=O) groups is 1. The number of esters is 1. The molecule has 3 nitrogen and oxygen atoms in total. The van der Waals surface area contributed by atoms with Crippen LogP contribution in [0.4, 0.5) is 0 Å². The molecule has 0 aliphatic rings. The Kier molecular flexibility index (Phi) is 9.27. The van der Waals surface area contributed by atoms with Gasteiger partial charge in [-0.1, -0.05) is 97.3 Å². The lowest BCUT2D eigenvalue weighted by molar-refractivity contribution is -0.168. The maximum atomic E-state index is 13.2. The minimum atomic E-state index is -0.688. The van der Waals surface area contributed by atoms with Gasteiger partial charge in [-0.3, -0.25) is 4.79 Å². The van der Waals surface area contributed by atoms with Crippen LogP contribution in [0.5, 0.6) is 0 Å². The average molecular weight is 512 g/mol. The Morgan fingerprint density at radius 2 is 1.56 bits per heavy atom. The van der Waals surface area contributed by atoms with Crippen molar-refractivity contribution >= 4 is 21.9 Å². The maximum Gasteiger partial charge on any atom is 0.312 e. The summed E-state index contributed by atoms with van der Waals surface area (Å²) in [6, 6.07) is 8.66. The van der Waals surface area contributed by atoms with Crippen molar-refractivity contribution in [2.45, 2.75) is 94.9 Å². The normalized spacial score (nSPS) is 16.4. The topological polar surface area (TPSA) is 46.5 Å². The van der Waals surface area contributed by atoms with E-state index in [0.717, 1.165) is 10.9 Å². The van der Waals surface area contributed by atoms with E-state index in [1.54, 1.807) is 0 Å². The SMILES string of the molecule is CC(C)(C)CC(c1cccc(Br)c1)C(C)(C)C(C)(C)CC(C)(C(=O)OCCO)C(C)(C)C. The van der Waals surface area contributed by atoms with Gasteiger partial charge in [0, 0.05) is 4.47 Å². The number of carbonyl (C=O) groups excluding carboxylic acids is 1. The lowest BCUT2D eigenvalue weighted by Gasteiger charge is -2.53. The predicted octanol–water partition coefficient (Wildman–Crippen LogP) is 8.00. The molecule has 2 atom stereocenters. The van der Waals surface area contributed by atoms with Gasteiger partial charge in [0.1, 0.15) is 6.61 Å². The fourth-order valence-corrected chi connectivity index (χ4v) is 5.07. The van der Waals surface area contributed by atoms with E-state index in [1.807, 2.05) is 6.92 Å². The Morgan fingerprint density at radius 1 is 1.00 bits per heavy atom. The molecular weight excluding hydrogens is 464 g/mol. The first-order valence-electron chi connectivity index (χ1n) is 11.8. The monoisotopic (exact) mass is 510 g/mol. The van der Waals surface area contributed by atoms with Gasteiger partial charge in [0.2, 0.25) is 0 Å². The molecule has 1 aromatic carbocycles. The van der Waals surface area contributed by atoms with E-state index in [-0.39, 0.29) is 40.8 Å². The number of aliphatic hydroxyl groups is 1. The summed E-state index contributed by atoms with van der Waals surface area (Å²) in [5.74, 6) is 0.0884. The van der Waals surface area contributed by atoms with Crippen LogP contribution in [-0.4, -0.2) is 24.3 Å². The highest BCUT2D eigenvalue weighted by Crippen LogP contribution is 2.59. The van der Waals surface area contributed by atoms with Crippen LogP contribution >= 0.6 is 15.9 Å². The summed E-state index contributed by atoms with van der Waals surface area (Å²) in [4.78, 5) is 13.2. The second-order valence-corrected chi connectivity index (χ2v) is 14.0. The van der Waals surface area contributed by atoms with E-state index in [2.05, 4.69) is 109 Å². The van der Waals surface area contributed by atoms with Gasteiger partial charge < -0.3 is 9.84 Å². The Morgan fingerprint density at radius 3 is 2.00 bits per heavy atom. The Balaban J connectivity index is 3.51. The minimum absolute atomic E-state index is 0.0407. The van der Waals surface area contributed by atoms with Crippen LogP contribution in [-0.2, 0) is 9.53 Å². The van der Waals surface area contributed by atoms with Gasteiger partial charge in [-0.2, -0.15) is 0 Å². The van der Waals surface area contributed by atoms with Crippen molar-refractivity contribution in [1.29, 1.82) is 0 Å². The van der Waals surface area contributed by atoms with Gasteiger partial charge in [-0.05, 0) is 65.0 Å². The van der Waals surface area contributed by atoms with Gasteiger partial charge >= 0.3 is 5.97 Å². The molecule has 0 aliphatic heterocycles. The van der Waals surface area contributed by atoms with Gasteiger partial charge in [0.15, 0.2) is 0 Å². The average Bonchev–Trinajstić information content (AvgIpc) is 2.61. The van der Waals surface area contributed by atoms with E-state index >= 15 is 0 Å². The highest BCUT2D eigenvalue weighted by molar-refractivity contribution is 9.10. The number of ether oxygens (including phenoxy) is 1. The Bertz CT molecular complexity index is 768. The summed E-state index contributed by atoms with van der Waals surface area (Å²) in [5, 5.41) is 9.19. The lowest BCUT2D eigenvalue weighted by Crippen LogP contribution is -2.49. The van der Waals surface area contributed by atoms with E-state index in [9.17, 15) is 9.90 Å². The predicted molar refractivity (Wildman–Crippen MR) is 139 cm³/mol. The molecule has 32 heavy (non-hydrogen) atoms. The molecule has 0 saturated heterocycles. The first kappa shape index (κ1) is 29.2. The fraction of sp³-hybridized carbons (Fsp3) is 0.750. The zero-order chi connectivity index (χ0) is 25.2. The van der Waals surface area contributed by atoms with Crippen LogP contribution in [0, 0.1) is 27.1 Å². The second-order valence-electron chi connectivity index (χ2n) is 13.1. The van der Waals surface area contributed by atoms with Crippen LogP contribution in [0.3, 0.4) is 0 Å². The summed E-state index contributed by atoms with van der Waals surface area (Å²) in [6.07, 6.45) is 1.73. The van der Waals surface area contributed by atoms with E-state index in [1.165, 1.54) is 5.56 Å². The quantitative estimate of drug-likeness (QED) is 0.342. The van der Waals surface area contributed by atoms with Crippen LogP contribution in [0.1, 0.15) is 100 Å². The lowest BCUT2D eigenvalue weighted by atomic mass is 9.50. The minimum Gasteiger partial charge on any atom is -0.463 e. The maximum absolute atomic E-state index is 13.2. The van der Waals surface area contributed by atoms with Gasteiger partial charge in [-0.15, -0.1) is 0 Å². The standard InChI is InChI=1S/C28H47BrO3/c1-24(2,3)18-22(20-13-12-14-21(29)17-20)27(9,10)26(7,8)19-28(11,25(4,5)6)23(31)32-16-15-30/h12-14,17,22,30H,15-16,18-19H2,1-11H3. The Labute approximate surface area is 205 Å². The molecule has 1 N–H and O–H groups in total. The molecule has 0 radical (unpaired) electrons. The molecule has 4 heteroatoms. The third kappa shape index (κ3) is 6.82. The molecule has 2 unspecified atom stereocenters. The molecule has 0 amide bonds. The molecule has 0 saturated carbocycles. The smallest absolute Gasteiger partial charge is 0.312 e. The van der Waals surface area contributed by atoms with Crippen molar-refractivity contribution in [3.8, 4) is 0 Å². The number of halogens is 1. The number of hydrogen-bond acceptors (Lipinski definition) is 3. The zero-order valence-corrected chi connectivity index (χ0v) is 23.9. The van der Waals surface area contributed by atoms with Crippen LogP contribution in [0.2, 0.25) is 0 Å². The Hall–Kier alpha value is -0.870. The molecule has 0 heterocycles. The van der Waals surface area contributed by atoms with Crippen molar-refractivity contribution in [2.24, 2.45) is 27.1 Å². The van der Waals surface area contributed by atoms with Gasteiger partial charge in [0.05, 0.1) is 12.0 Å². The van der Waals surface area contributed by atoms with Crippen molar-refractivity contribution < 1.29 is 14.6 Å². The second kappa shape index (κ2) is 10.2. The highest BCUT2D eigenvalue weighted by atomic mass is 79.9. The molecule has 184 valence electrons. The summed E-state index contributed by atoms with van der Waals surface area (Å²) >= 11 is 3.66. The van der Waals surface area contributed by atoms with E-state index < -0.39 is 5.41 Å². The first-order chi connectivity index (χ1) is 14.3. The van der Waals surface area contributed by atoms with Crippen LogP contribution in [0.25, 0.3) is 0 Å². The van der Waals surface area contributed by atoms with E-state index in [4.69, 9.17) is 4.74 Å². The van der Waals surface area contributed by atoms with Crippen LogP contribution in [0.15, 0.2) is 28.7 Å².